The molecule has 1 aromatic heterocycles. The summed E-state index contributed by atoms with van der Waals surface area (Å²) in [6.07, 6.45) is 2.22. The second-order valence-corrected chi connectivity index (χ2v) is 2.99. The van der Waals surface area contributed by atoms with Crippen molar-refractivity contribution in [3.63, 3.8) is 0 Å². The fraction of sp³-hybridized carbons (Fsp3) is 0.182. The number of oxazole rings is 1. The van der Waals surface area contributed by atoms with E-state index in [0.29, 0.717) is 0 Å². The zero-order chi connectivity index (χ0) is 9.97. The third-order valence-electron chi connectivity index (χ3n) is 2.08. The summed E-state index contributed by atoms with van der Waals surface area (Å²) >= 11 is 0. The molecule has 0 aliphatic rings. The van der Waals surface area contributed by atoms with Crippen molar-refractivity contribution in [3.05, 3.63) is 42.2 Å². The summed E-state index contributed by atoms with van der Waals surface area (Å²) < 4.78 is 17.9. The van der Waals surface area contributed by atoms with Crippen molar-refractivity contribution in [2.75, 3.05) is 0 Å². The van der Waals surface area contributed by atoms with Crippen LogP contribution in [0.1, 0.15) is 12.6 Å². The number of benzene rings is 1. The molecule has 0 saturated heterocycles. The topological polar surface area (TPSA) is 26.0 Å². The molecule has 0 N–H and O–H groups in total. The number of halogens is 1. The Bertz CT molecular complexity index is 419. The molecule has 0 atom stereocenters. The first kappa shape index (κ1) is 8.94. The van der Waals surface area contributed by atoms with Crippen molar-refractivity contribution in [1.82, 2.24) is 4.98 Å². The van der Waals surface area contributed by atoms with Crippen molar-refractivity contribution in [3.8, 4) is 11.3 Å². The fourth-order valence-corrected chi connectivity index (χ4v) is 1.36. The van der Waals surface area contributed by atoms with Crippen molar-refractivity contribution in [2.45, 2.75) is 13.3 Å². The number of hydrogen-bond acceptors (Lipinski definition) is 2. The molecule has 2 nitrogen and oxygen atoms in total. The Morgan fingerprint density at radius 3 is 2.64 bits per heavy atom. The van der Waals surface area contributed by atoms with Crippen LogP contribution in [0.15, 0.2) is 35.1 Å². The van der Waals surface area contributed by atoms with E-state index in [4.69, 9.17) is 4.42 Å². The van der Waals surface area contributed by atoms with Crippen LogP contribution < -0.4 is 0 Å². The van der Waals surface area contributed by atoms with Crippen LogP contribution in [0.3, 0.4) is 0 Å². The van der Waals surface area contributed by atoms with Gasteiger partial charge in [0.05, 0.1) is 5.69 Å². The van der Waals surface area contributed by atoms with Crippen molar-refractivity contribution in [1.29, 1.82) is 0 Å². The van der Waals surface area contributed by atoms with E-state index in [1.165, 1.54) is 18.5 Å². The lowest BCUT2D eigenvalue weighted by molar-refractivity contribution is 0.570. The minimum absolute atomic E-state index is 0.244. The average Bonchev–Trinajstić information content (AvgIpc) is 2.67. The van der Waals surface area contributed by atoms with Crippen LogP contribution in [-0.2, 0) is 6.42 Å². The standard InChI is InChI=1S/C11H10FNO/c1-2-10-11(14-7-13-10)8-3-5-9(12)6-4-8/h3-7H,2H2,1H3. The lowest BCUT2D eigenvalue weighted by Gasteiger charge is -1.98. The van der Waals surface area contributed by atoms with Crippen LogP contribution in [0.5, 0.6) is 0 Å². The predicted molar refractivity (Wildman–Crippen MR) is 51.3 cm³/mol. The lowest BCUT2D eigenvalue weighted by atomic mass is 10.1. The van der Waals surface area contributed by atoms with Gasteiger partial charge in [-0.1, -0.05) is 6.92 Å². The molecule has 0 unspecified atom stereocenters. The van der Waals surface area contributed by atoms with Crippen LogP contribution in [-0.4, -0.2) is 4.98 Å². The molecule has 0 saturated carbocycles. The zero-order valence-corrected chi connectivity index (χ0v) is 7.83. The lowest BCUT2D eigenvalue weighted by Crippen LogP contribution is -1.84. The van der Waals surface area contributed by atoms with E-state index in [9.17, 15) is 4.39 Å². The number of aromatic nitrogens is 1. The van der Waals surface area contributed by atoms with Crippen LogP contribution in [0.2, 0.25) is 0 Å². The molecular formula is C11H10FNO. The first-order valence-electron chi connectivity index (χ1n) is 4.49. The summed E-state index contributed by atoms with van der Waals surface area (Å²) in [7, 11) is 0. The number of nitrogens with zero attached hydrogens (tertiary/aromatic N) is 1. The van der Waals surface area contributed by atoms with Gasteiger partial charge in [-0.2, -0.15) is 0 Å². The monoisotopic (exact) mass is 191 g/mol. The van der Waals surface area contributed by atoms with E-state index < -0.39 is 0 Å². The molecule has 0 amide bonds. The first-order chi connectivity index (χ1) is 6.81. The van der Waals surface area contributed by atoms with E-state index in [1.54, 1.807) is 12.1 Å². The SMILES string of the molecule is CCc1ncoc1-c1ccc(F)cc1. The summed E-state index contributed by atoms with van der Waals surface area (Å²) in [5.74, 6) is 0.485. The molecule has 1 aromatic carbocycles. The highest BCUT2D eigenvalue weighted by Gasteiger charge is 2.08. The van der Waals surface area contributed by atoms with Crippen molar-refractivity contribution in [2.24, 2.45) is 0 Å². The van der Waals surface area contributed by atoms with E-state index in [1.807, 2.05) is 6.92 Å². The molecule has 2 aromatic rings. The Balaban J connectivity index is 2.44. The Kier molecular flexibility index (Phi) is 2.31. The fourth-order valence-electron chi connectivity index (χ4n) is 1.36. The minimum atomic E-state index is -0.244. The highest BCUT2D eigenvalue weighted by Crippen LogP contribution is 2.23. The predicted octanol–water partition coefficient (Wildman–Crippen LogP) is 3.04. The maximum Gasteiger partial charge on any atom is 0.181 e. The molecule has 0 radical (unpaired) electrons. The van der Waals surface area contributed by atoms with Crippen LogP contribution in [0.25, 0.3) is 11.3 Å². The third-order valence-corrected chi connectivity index (χ3v) is 2.08. The van der Waals surface area contributed by atoms with Crippen molar-refractivity contribution < 1.29 is 8.81 Å². The number of hydrogen-bond donors (Lipinski definition) is 0. The van der Waals surface area contributed by atoms with Gasteiger partial charge < -0.3 is 4.42 Å². The summed E-state index contributed by atoms with van der Waals surface area (Å²) in [5.41, 5.74) is 1.76. The van der Waals surface area contributed by atoms with Gasteiger partial charge in [0.2, 0.25) is 0 Å². The van der Waals surface area contributed by atoms with Gasteiger partial charge in [0.1, 0.15) is 5.82 Å². The van der Waals surface area contributed by atoms with E-state index >= 15 is 0 Å². The summed E-state index contributed by atoms with van der Waals surface area (Å²) in [4.78, 5) is 4.07. The second-order valence-electron chi connectivity index (χ2n) is 2.99. The molecule has 0 bridgehead atoms. The molecule has 72 valence electrons. The first-order valence-corrected chi connectivity index (χ1v) is 4.49. The van der Waals surface area contributed by atoms with E-state index in [2.05, 4.69) is 4.98 Å². The maximum atomic E-state index is 12.7. The molecule has 2 rings (SSSR count). The number of rotatable bonds is 2. The largest absolute Gasteiger partial charge is 0.443 e. The van der Waals surface area contributed by atoms with E-state index in [-0.39, 0.29) is 5.82 Å². The van der Waals surface area contributed by atoms with Gasteiger partial charge in [-0.25, -0.2) is 9.37 Å². The average molecular weight is 191 g/mol. The Hall–Kier alpha value is -1.64. The quantitative estimate of drug-likeness (QED) is 0.729. The van der Waals surface area contributed by atoms with Gasteiger partial charge in [-0.3, -0.25) is 0 Å². The molecule has 0 aliphatic heterocycles. The normalized spacial score (nSPS) is 10.4. The van der Waals surface area contributed by atoms with E-state index in [0.717, 1.165) is 23.4 Å². The Labute approximate surface area is 81.4 Å². The Morgan fingerprint density at radius 1 is 1.29 bits per heavy atom. The number of aryl methyl sites for hydroxylation is 1. The maximum absolute atomic E-state index is 12.7. The smallest absolute Gasteiger partial charge is 0.181 e. The molecule has 0 fully saturated rings. The molecule has 0 aliphatic carbocycles. The van der Waals surface area contributed by atoms with Crippen LogP contribution in [0, 0.1) is 5.82 Å². The van der Waals surface area contributed by atoms with Gasteiger partial charge in [-0.05, 0) is 30.7 Å². The Morgan fingerprint density at radius 2 is 2.00 bits per heavy atom. The summed E-state index contributed by atoms with van der Waals surface area (Å²) in [6.45, 7) is 2.00. The molecule has 3 heteroatoms. The highest BCUT2D eigenvalue weighted by molar-refractivity contribution is 5.59. The summed E-state index contributed by atoms with van der Waals surface area (Å²) in [5, 5.41) is 0. The van der Waals surface area contributed by atoms with Gasteiger partial charge in [0.25, 0.3) is 0 Å². The van der Waals surface area contributed by atoms with Gasteiger partial charge >= 0.3 is 0 Å². The third kappa shape index (κ3) is 1.53. The highest BCUT2D eigenvalue weighted by atomic mass is 19.1. The van der Waals surface area contributed by atoms with Gasteiger partial charge in [0.15, 0.2) is 12.2 Å². The van der Waals surface area contributed by atoms with Gasteiger partial charge in [-0.15, -0.1) is 0 Å². The molecular weight excluding hydrogens is 181 g/mol. The zero-order valence-electron chi connectivity index (χ0n) is 7.83. The van der Waals surface area contributed by atoms with Crippen LogP contribution in [0.4, 0.5) is 4.39 Å². The van der Waals surface area contributed by atoms with Crippen molar-refractivity contribution >= 4 is 0 Å². The van der Waals surface area contributed by atoms with Crippen LogP contribution >= 0.6 is 0 Å². The second kappa shape index (κ2) is 3.62. The molecule has 0 spiro atoms. The van der Waals surface area contributed by atoms with Gasteiger partial charge in [0, 0.05) is 5.56 Å². The molecule has 14 heavy (non-hydrogen) atoms. The molecule has 1 heterocycles. The summed E-state index contributed by atoms with van der Waals surface area (Å²) in [6, 6.07) is 6.21. The minimum Gasteiger partial charge on any atom is -0.443 e.